The Morgan fingerprint density at radius 3 is 2.41 bits per heavy atom. The van der Waals surface area contributed by atoms with Crippen LogP contribution in [0.5, 0.6) is 11.5 Å². The summed E-state index contributed by atoms with van der Waals surface area (Å²) in [5, 5.41) is 0.811. The van der Waals surface area contributed by atoms with E-state index in [0.29, 0.717) is 17.1 Å². The molecule has 2 amide bonds. The molecular weight excluding hydrogens is 346 g/mol. The number of amides is 2. The molecule has 4 rings (SSSR count). The fraction of sp³-hybridized carbons (Fsp3) is 0.200. The highest BCUT2D eigenvalue weighted by Gasteiger charge is 2.34. The molecule has 2 unspecified atom stereocenters. The second-order valence-corrected chi connectivity index (χ2v) is 6.42. The van der Waals surface area contributed by atoms with E-state index < -0.39 is 24.0 Å². The molecule has 1 aliphatic rings. The molecule has 0 aliphatic carbocycles. The van der Waals surface area contributed by atoms with Crippen molar-refractivity contribution in [3.05, 3.63) is 60.3 Å². The first-order valence-corrected chi connectivity index (χ1v) is 8.61. The van der Waals surface area contributed by atoms with Crippen LogP contribution in [0.4, 0.5) is 0 Å². The maximum absolute atomic E-state index is 12.5. The highest BCUT2D eigenvalue weighted by Crippen LogP contribution is 2.33. The van der Waals surface area contributed by atoms with E-state index in [9.17, 15) is 9.59 Å². The van der Waals surface area contributed by atoms with Gasteiger partial charge in [0.25, 0.3) is 11.8 Å². The molecule has 138 valence electrons. The highest BCUT2D eigenvalue weighted by molar-refractivity contribution is 6.07. The Hall–Kier alpha value is -3.48. The Balaban J connectivity index is 1.45. The van der Waals surface area contributed by atoms with Crippen LogP contribution in [0.1, 0.15) is 17.3 Å². The third-order valence-electron chi connectivity index (χ3n) is 4.54. The lowest BCUT2D eigenvalue weighted by molar-refractivity contribution is -0.134. The summed E-state index contributed by atoms with van der Waals surface area (Å²) in [5.74, 6) is 0.209. The van der Waals surface area contributed by atoms with Crippen LogP contribution in [0.25, 0.3) is 10.9 Å². The van der Waals surface area contributed by atoms with Gasteiger partial charge in [-0.2, -0.15) is 0 Å². The van der Waals surface area contributed by atoms with Crippen LogP contribution in [0.15, 0.2) is 54.7 Å². The minimum absolute atomic E-state index is 0.398. The number of benzene rings is 2. The summed E-state index contributed by atoms with van der Waals surface area (Å²) in [6, 6.07) is 14.7. The average Bonchev–Trinajstić information content (AvgIpc) is 3.02. The Morgan fingerprint density at radius 1 is 0.963 bits per heavy atom. The lowest BCUT2D eigenvalue weighted by Gasteiger charge is -2.30. The zero-order valence-corrected chi connectivity index (χ0v) is 14.9. The molecule has 0 spiro atoms. The standard InChI is InChI=1S/C20H19N3O4/c1-12-18(27-17-10-6-5-9-16(17)26-12)20(25)22-21-19(24)14-11-23(2)15-8-4-3-7-13(14)15/h3-12,18H,1-2H3,(H,21,24)(H,22,25). The van der Waals surface area contributed by atoms with Crippen molar-refractivity contribution < 1.29 is 19.1 Å². The number of hydrogen-bond acceptors (Lipinski definition) is 4. The maximum Gasteiger partial charge on any atom is 0.283 e. The van der Waals surface area contributed by atoms with Gasteiger partial charge >= 0.3 is 0 Å². The summed E-state index contributed by atoms with van der Waals surface area (Å²) in [7, 11) is 1.87. The van der Waals surface area contributed by atoms with E-state index in [1.165, 1.54) is 0 Å². The first-order valence-electron chi connectivity index (χ1n) is 8.61. The van der Waals surface area contributed by atoms with E-state index >= 15 is 0 Å². The summed E-state index contributed by atoms with van der Waals surface area (Å²) in [6.07, 6.45) is 0.368. The fourth-order valence-electron chi connectivity index (χ4n) is 3.19. The monoisotopic (exact) mass is 365 g/mol. The van der Waals surface area contributed by atoms with Crippen molar-refractivity contribution >= 4 is 22.7 Å². The van der Waals surface area contributed by atoms with Crippen LogP contribution in [0.3, 0.4) is 0 Å². The fourth-order valence-corrected chi connectivity index (χ4v) is 3.19. The molecule has 2 aromatic carbocycles. The number of fused-ring (bicyclic) bond motifs is 2. The number of nitrogens with zero attached hydrogens (tertiary/aromatic N) is 1. The van der Waals surface area contributed by atoms with E-state index in [0.717, 1.165) is 10.9 Å². The maximum atomic E-state index is 12.5. The highest BCUT2D eigenvalue weighted by atomic mass is 16.6. The van der Waals surface area contributed by atoms with Gasteiger partial charge in [0.1, 0.15) is 6.10 Å². The van der Waals surface area contributed by atoms with Crippen LogP contribution in [0, 0.1) is 0 Å². The third kappa shape index (κ3) is 3.08. The van der Waals surface area contributed by atoms with Crippen molar-refractivity contribution in [3.63, 3.8) is 0 Å². The van der Waals surface area contributed by atoms with Gasteiger partial charge in [-0.1, -0.05) is 30.3 Å². The Bertz CT molecular complexity index is 1030. The van der Waals surface area contributed by atoms with E-state index in [1.54, 1.807) is 31.3 Å². The normalized spacial score (nSPS) is 18.1. The first-order chi connectivity index (χ1) is 13.0. The zero-order valence-electron chi connectivity index (χ0n) is 14.9. The van der Waals surface area contributed by atoms with Crippen LogP contribution in [-0.2, 0) is 11.8 Å². The van der Waals surface area contributed by atoms with Crippen molar-refractivity contribution in [3.8, 4) is 11.5 Å². The molecule has 0 saturated heterocycles. The van der Waals surface area contributed by atoms with Gasteiger partial charge in [0.2, 0.25) is 6.10 Å². The number of para-hydroxylation sites is 3. The van der Waals surface area contributed by atoms with Crippen LogP contribution >= 0.6 is 0 Å². The first kappa shape index (κ1) is 17.0. The second-order valence-electron chi connectivity index (χ2n) is 6.42. The molecule has 3 aromatic rings. The summed E-state index contributed by atoms with van der Waals surface area (Å²) >= 11 is 0. The Morgan fingerprint density at radius 2 is 1.63 bits per heavy atom. The molecule has 7 heteroatoms. The molecule has 1 aromatic heterocycles. The molecule has 0 bridgehead atoms. The topological polar surface area (TPSA) is 81.6 Å². The number of aromatic nitrogens is 1. The van der Waals surface area contributed by atoms with Gasteiger partial charge in [0.15, 0.2) is 11.5 Å². The van der Waals surface area contributed by atoms with Crippen LogP contribution in [0.2, 0.25) is 0 Å². The average molecular weight is 365 g/mol. The van der Waals surface area contributed by atoms with E-state index in [1.807, 2.05) is 41.9 Å². The van der Waals surface area contributed by atoms with E-state index in [4.69, 9.17) is 9.47 Å². The predicted molar refractivity (Wildman–Crippen MR) is 99.5 cm³/mol. The summed E-state index contributed by atoms with van der Waals surface area (Å²) in [5.41, 5.74) is 6.30. The number of carbonyl (C=O) groups excluding carboxylic acids is 2. The van der Waals surface area contributed by atoms with Gasteiger partial charge in [-0.15, -0.1) is 0 Å². The molecule has 0 saturated carbocycles. The molecule has 7 nitrogen and oxygen atoms in total. The summed E-state index contributed by atoms with van der Waals surface area (Å²) < 4.78 is 13.3. The van der Waals surface area contributed by atoms with Crippen molar-refractivity contribution in [2.24, 2.45) is 7.05 Å². The molecule has 2 atom stereocenters. The molecule has 0 radical (unpaired) electrons. The largest absolute Gasteiger partial charge is 0.482 e. The van der Waals surface area contributed by atoms with E-state index in [2.05, 4.69) is 10.9 Å². The number of aryl methyl sites for hydroxylation is 1. The Kier molecular flexibility index (Phi) is 4.19. The lowest BCUT2D eigenvalue weighted by Crippen LogP contribution is -2.53. The number of ether oxygens (including phenoxy) is 2. The number of carbonyl (C=O) groups is 2. The number of hydrazine groups is 1. The molecule has 1 aliphatic heterocycles. The van der Waals surface area contributed by atoms with Gasteiger partial charge in [-0.25, -0.2) is 0 Å². The van der Waals surface area contributed by atoms with Crippen LogP contribution in [-0.4, -0.2) is 28.6 Å². The van der Waals surface area contributed by atoms with Crippen molar-refractivity contribution in [1.29, 1.82) is 0 Å². The predicted octanol–water partition coefficient (Wildman–Crippen LogP) is 2.17. The minimum Gasteiger partial charge on any atom is -0.482 e. The Labute approximate surface area is 155 Å². The zero-order chi connectivity index (χ0) is 19.0. The third-order valence-corrected chi connectivity index (χ3v) is 4.54. The van der Waals surface area contributed by atoms with Crippen molar-refractivity contribution in [2.45, 2.75) is 19.1 Å². The number of nitrogens with one attached hydrogen (secondary N) is 2. The molecular formula is C20H19N3O4. The lowest BCUT2D eigenvalue weighted by atomic mass is 10.1. The summed E-state index contributed by atoms with van der Waals surface area (Å²) in [6.45, 7) is 1.74. The molecule has 0 fully saturated rings. The van der Waals surface area contributed by atoms with Gasteiger partial charge in [-0.05, 0) is 25.1 Å². The molecule has 2 heterocycles. The van der Waals surface area contributed by atoms with Crippen LogP contribution < -0.4 is 20.3 Å². The second kappa shape index (κ2) is 6.68. The van der Waals surface area contributed by atoms with Gasteiger partial charge in [-0.3, -0.25) is 20.4 Å². The molecule has 27 heavy (non-hydrogen) atoms. The SMILES string of the molecule is CC1Oc2ccccc2OC1C(=O)NNC(=O)c1cn(C)c2ccccc12. The van der Waals surface area contributed by atoms with Crippen molar-refractivity contribution in [2.75, 3.05) is 0 Å². The number of rotatable bonds is 2. The smallest absolute Gasteiger partial charge is 0.283 e. The quantitative estimate of drug-likeness (QED) is 0.682. The number of hydrogen-bond donors (Lipinski definition) is 2. The molecule has 2 N–H and O–H groups in total. The van der Waals surface area contributed by atoms with Gasteiger partial charge < -0.3 is 14.0 Å². The van der Waals surface area contributed by atoms with Crippen molar-refractivity contribution in [1.82, 2.24) is 15.4 Å². The van der Waals surface area contributed by atoms with Gasteiger partial charge in [0, 0.05) is 24.1 Å². The van der Waals surface area contributed by atoms with E-state index in [-0.39, 0.29) is 0 Å². The minimum atomic E-state index is -0.868. The van der Waals surface area contributed by atoms with Gasteiger partial charge in [0.05, 0.1) is 5.56 Å². The summed E-state index contributed by atoms with van der Waals surface area (Å²) in [4.78, 5) is 25.0.